The van der Waals surface area contributed by atoms with Crippen LogP contribution >= 0.6 is 58.8 Å². The van der Waals surface area contributed by atoms with Gasteiger partial charge >= 0.3 is 17.9 Å². The highest BCUT2D eigenvalue weighted by atomic mass is 35.5. The zero-order valence-electron chi connectivity index (χ0n) is 19.6. The topological polar surface area (TPSA) is 211 Å². The first-order valence-corrected chi connectivity index (χ1v) is 11.1. The van der Waals surface area contributed by atoms with Crippen LogP contribution in [0.4, 0.5) is 0 Å². The zero-order chi connectivity index (χ0) is 28.7. The van der Waals surface area contributed by atoms with Crippen LogP contribution in [0.2, 0.25) is 20.4 Å². The quantitative estimate of drug-likeness (QED) is 0.216. The van der Waals surface area contributed by atoms with E-state index in [0.29, 0.717) is 0 Å². The standard InChI is InChI=1S/C10H10Cl2N2O4.C6H3Cl2NO2.C4H9NO3.ClH/c1-18-10(17)7(4-15)14-9(16)5-2-6(11)8(12)13-3-5;7-4-1-3(6(10)11)2-9-5(4)8;1-8-4(7)3(5)2-6;/h2-3,7,15H,4H2,1H3,(H,14,16);1-2H,(H,10,11);3,6H,2,5H2,1H3;1H. The Kier molecular flexibility index (Phi) is 19.4. The van der Waals surface area contributed by atoms with Gasteiger partial charge in [-0.25, -0.2) is 19.6 Å². The summed E-state index contributed by atoms with van der Waals surface area (Å²) in [5, 5.41) is 28.3. The molecule has 1 amide bonds. The van der Waals surface area contributed by atoms with Crippen molar-refractivity contribution >= 4 is 82.6 Å². The number of aromatic nitrogens is 2. The lowest BCUT2D eigenvalue weighted by molar-refractivity contribution is -0.144. The largest absolute Gasteiger partial charge is 0.478 e. The molecule has 2 rings (SSSR count). The van der Waals surface area contributed by atoms with Crippen LogP contribution in [0.25, 0.3) is 0 Å². The van der Waals surface area contributed by atoms with Crippen LogP contribution in [0.3, 0.4) is 0 Å². The number of rotatable bonds is 7. The molecule has 2 atom stereocenters. The van der Waals surface area contributed by atoms with Crippen LogP contribution in [0.1, 0.15) is 20.7 Å². The Labute approximate surface area is 242 Å². The van der Waals surface area contributed by atoms with Crippen molar-refractivity contribution in [1.29, 1.82) is 0 Å². The fraction of sp³-hybridized carbons (Fsp3) is 0.300. The van der Waals surface area contributed by atoms with Crippen molar-refractivity contribution in [3.8, 4) is 0 Å². The Bertz CT molecular complexity index is 1090. The molecule has 0 saturated heterocycles. The fourth-order valence-electron chi connectivity index (χ4n) is 1.87. The summed E-state index contributed by atoms with van der Waals surface area (Å²) in [4.78, 5) is 50.7. The third kappa shape index (κ3) is 13.3. The van der Waals surface area contributed by atoms with Crippen LogP contribution < -0.4 is 11.1 Å². The lowest BCUT2D eigenvalue weighted by Gasteiger charge is -2.13. The van der Waals surface area contributed by atoms with E-state index >= 15 is 0 Å². The molecule has 2 unspecified atom stereocenters. The number of carbonyl (C=O) groups is 4. The highest BCUT2D eigenvalue weighted by Crippen LogP contribution is 2.20. The first kappa shape index (κ1) is 37.7. The number of nitrogens with zero attached hydrogens (tertiary/aromatic N) is 2. The average Bonchev–Trinajstić information content (AvgIpc) is 2.89. The second-order valence-corrected chi connectivity index (χ2v) is 7.87. The predicted molar refractivity (Wildman–Crippen MR) is 140 cm³/mol. The molecule has 0 bridgehead atoms. The van der Waals surface area contributed by atoms with E-state index < -0.39 is 42.5 Å². The second-order valence-electron chi connectivity index (χ2n) is 6.34. The Morgan fingerprint density at radius 2 is 1.34 bits per heavy atom. The van der Waals surface area contributed by atoms with Gasteiger partial charge in [0, 0.05) is 12.4 Å². The molecule has 0 aliphatic carbocycles. The summed E-state index contributed by atoms with van der Waals surface area (Å²) in [6, 6.07) is 0.522. The maximum Gasteiger partial charge on any atom is 0.337 e. The van der Waals surface area contributed by atoms with Crippen molar-refractivity contribution in [3.05, 3.63) is 56.0 Å². The van der Waals surface area contributed by atoms with Crippen molar-refractivity contribution in [2.24, 2.45) is 5.73 Å². The summed E-state index contributed by atoms with van der Waals surface area (Å²) >= 11 is 22.3. The van der Waals surface area contributed by atoms with Crippen LogP contribution in [0, 0.1) is 0 Å². The van der Waals surface area contributed by atoms with Gasteiger partial charge in [-0.2, -0.15) is 0 Å². The SMILES string of the molecule is COC(=O)C(CO)NC(=O)c1cnc(Cl)c(Cl)c1.COC(=O)C(N)CO.Cl.O=C(O)c1cnc(Cl)c(Cl)c1. The van der Waals surface area contributed by atoms with Gasteiger partial charge in [-0.3, -0.25) is 9.59 Å². The van der Waals surface area contributed by atoms with Crippen molar-refractivity contribution in [1.82, 2.24) is 15.3 Å². The molecule has 18 heteroatoms. The van der Waals surface area contributed by atoms with E-state index in [0.717, 1.165) is 13.3 Å². The molecular formula is C20H23Cl5N4O9. The molecule has 0 radical (unpaired) electrons. The Balaban J connectivity index is 0. The normalized spacial score (nSPS) is 11.1. The molecule has 6 N–H and O–H groups in total. The van der Waals surface area contributed by atoms with E-state index in [1.54, 1.807) is 0 Å². The van der Waals surface area contributed by atoms with Gasteiger partial charge in [0.15, 0.2) is 6.04 Å². The van der Waals surface area contributed by atoms with E-state index in [4.69, 9.17) is 67.5 Å². The molecule has 0 spiro atoms. The monoisotopic (exact) mass is 638 g/mol. The highest BCUT2D eigenvalue weighted by molar-refractivity contribution is 6.41. The van der Waals surface area contributed by atoms with Crippen LogP contribution in [0.15, 0.2) is 24.5 Å². The minimum absolute atomic E-state index is 0. The number of halogens is 5. The third-order valence-electron chi connectivity index (χ3n) is 3.78. The van der Waals surface area contributed by atoms with E-state index in [2.05, 4.69) is 24.8 Å². The van der Waals surface area contributed by atoms with E-state index in [-0.39, 0.29) is 50.5 Å². The zero-order valence-corrected chi connectivity index (χ0v) is 23.4. The maximum absolute atomic E-state index is 11.7. The van der Waals surface area contributed by atoms with E-state index in [1.807, 2.05) is 0 Å². The van der Waals surface area contributed by atoms with Crippen LogP contribution in [-0.4, -0.2) is 88.6 Å². The molecule has 0 saturated carbocycles. The van der Waals surface area contributed by atoms with Gasteiger partial charge in [-0.15, -0.1) is 12.4 Å². The summed E-state index contributed by atoms with van der Waals surface area (Å²) in [6.07, 6.45) is 2.35. The second kappa shape index (κ2) is 19.6. The number of hydrogen-bond acceptors (Lipinski definition) is 11. The minimum Gasteiger partial charge on any atom is -0.478 e. The molecule has 212 valence electrons. The van der Waals surface area contributed by atoms with E-state index in [1.165, 1.54) is 25.4 Å². The number of aliphatic hydroxyl groups is 2. The number of carbonyl (C=O) groups excluding carboxylic acids is 3. The Hall–Kier alpha value is -2.49. The van der Waals surface area contributed by atoms with Gasteiger partial charge in [-0.1, -0.05) is 46.4 Å². The lowest BCUT2D eigenvalue weighted by atomic mass is 10.2. The molecule has 0 aliphatic rings. The smallest absolute Gasteiger partial charge is 0.337 e. The number of hydrogen-bond donors (Lipinski definition) is 5. The molecular weight excluding hydrogens is 618 g/mol. The number of nitrogens with two attached hydrogens (primary N) is 1. The maximum atomic E-state index is 11.7. The lowest BCUT2D eigenvalue weighted by Crippen LogP contribution is -2.44. The van der Waals surface area contributed by atoms with Gasteiger partial charge in [-0.05, 0) is 12.1 Å². The van der Waals surface area contributed by atoms with Crippen molar-refractivity contribution in [3.63, 3.8) is 0 Å². The molecule has 38 heavy (non-hydrogen) atoms. The number of aromatic carboxylic acids is 1. The summed E-state index contributed by atoms with van der Waals surface area (Å²) in [5.74, 6) is -3.03. The number of carboxylic acid groups (broad SMARTS) is 1. The molecule has 2 heterocycles. The number of methoxy groups -OCH3 is 2. The van der Waals surface area contributed by atoms with Crippen molar-refractivity contribution in [2.45, 2.75) is 12.1 Å². The van der Waals surface area contributed by atoms with Gasteiger partial charge in [0.25, 0.3) is 5.91 Å². The Morgan fingerprint density at radius 3 is 1.68 bits per heavy atom. The van der Waals surface area contributed by atoms with E-state index in [9.17, 15) is 19.2 Å². The van der Waals surface area contributed by atoms with Gasteiger partial charge < -0.3 is 35.8 Å². The number of aliphatic hydroxyl groups excluding tert-OH is 2. The van der Waals surface area contributed by atoms with Gasteiger partial charge in [0.1, 0.15) is 16.3 Å². The molecule has 0 fully saturated rings. The summed E-state index contributed by atoms with van der Waals surface area (Å²) in [6.45, 7) is -0.945. The first-order chi connectivity index (χ1) is 17.3. The summed E-state index contributed by atoms with van der Waals surface area (Å²) < 4.78 is 8.59. The number of amides is 1. The molecule has 0 aliphatic heterocycles. The van der Waals surface area contributed by atoms with Gasteiger partial charge in [0.2, 0.25) is 0 Å². The molecule has 2 aromatic heterocycles. The molecule has 13 nitrogen and oxygen atoms in total. The number of esters is 2. The number of ether oxygens (including phenoxy) is 2. The third-order valence-corrected chi connectivity index (χ3v) is 5.15. The fourth-order valence-corrected chi connectivity index (χ4v) is 2.41. The van der Waals surface area contributed by atoms with Crippen LogP contribution in [0.5, 0.6) is 0 Å². The predicted octanol–water partition coefficient (Wildman–Crippen LogP) is 1.64. The minimum atomic E-state index is -1.14. The number of carboxylic acids is 1. The van der Waals surface area contributed by atoms with Gasteiger partial charge in [0.05, 0.1) is 48.6 Å². The van der Waals surface area contributed by atoms with Crippen molar-refractivity contribution in [2.75, 3.05) is 27.4 Å². The molecule has 0 aromatic carbocycles. The summed E-state index contributed by atoms with van der Waals surface area (Å²) in [5.41, 5.74) is 5.15. The van der Waals surface area contributed by atoms with Crippen molar-refractivity contribution < 1.29 is 44.0 Å². The number of nitrogens with one attached hydrogen (secondary N) is 1. The number of pyridine rings is 2. The van der Waals surface area contributed by atoms with Crippen LogP contribution in [-0.2, 0) is 19.1 Å². The Morgan fingerprint density at radius 1 is 0.895 bits per heavy atom. The average molecular weight is 641 g/mol. The molecule has 2 aromatic rings. The highest BCUT2D eigenvalue weighted by Gasteiger charge is 2.21. The first-order valence-electron chi connectivity index (χ1n) is 9.61. The summed E-state index contributed by atoms with van der Waals surface area (Å²) in [7, 11) is 2.37.